The standard InChI is InChI=1S/C11H15ClN4O/c1-6-4-7(2)9(8(12)5-6)16(10(13)14)11(17)15-3/h4-5H,1-3H3,(H3,13,14)(H,15,17). The van der Waals surface area contributed by atoms with E-state index < -0.39 is 6.03 Å². The van der Waals surface area contributed by atoms with Crippen LogP contribution in [0.15, 0.2) is 12.1 Å². The summed E-state index contributed by atoms with van der Waals surface area (Å²) in [5.74, 6) is -0.377. The highest BCUT2D eigenvalue weighted by Crippen LogP contribution is 2.30. The summed E-state index contributed by atoms with van der Waals surface area (Å²) in [4.78, 5) is 12.7. The molecule has 0 spiro atoms. The maximum absolute atomic E-state index is 11.7. The predicted molar refractivity (Wildman–Crippen MR) is 69.8 cm³/mol. The lowest BCUT2D eigenvalue weighted by Gasteiger charge is -2.23. The first-order valence-electron chi connectivity index (χ1n) is 5.01. The van der Waals surface area contributed by atoms with Crippen LogP contribution in [0.4, 0.5) is 10.5 Å². The Morgan fingerprint density at radius 2 is 2.06 bits per heavy atom. The molecule has 2 amide bonds. The summed E-state index contributed by atoms with van der Waals surface area (Å²) in [6.07, 6.45) is 0. The third-order valence-electron chi connectivity index (χ3n) is 2.28. The molecule has 0 unspecified atom stereocenters. The molecule has 17 heavy (non-hydrogen) atoms. The van der Waals surface area contributed by atoms with Crippen molar-refractivity contribution < 1.29 is 4.79 Å². The quantitative estimate of drug-likeness (QED) is 0.529. The number of hydrogen-bond donors (Lipinski definition) is 3. The second kappa shape index (κ2) is 5.05. The molecule has 0 aliphatic rings. The molecule has 0 radical (unpaired) electrons. The number of hydrogen-bond acceptors (Lipinski definition) is 2. The Kier molecular flexibility index (Phi) is 3.96. The highest BCUT2D eigenvalue weighted by Gasteiger charge is 2.22. The van der Waals surface area contributed by atoms with Crippen LogP contribution in [-0.2, 0) is 0 Å². The molecule has 1 aromatic carbocycles. The van der Waals surface area contributed by atoms with Crippen molar-refractivity contribution in [3.8, 4) is 0 Å². The zero-order chi connectivity index (χ0) is 13.2. The second-order valence-electron chi connectivity index (χ2n) is 3.69. The molecule has 0 bridgehead atoms. The van der Waals surface area contributed by atoms with Gasteiger partial charge in [-0.15, -0.1) is 0 Å². The summed E-state index contributed by atoms with van der Waals surface area (Å²) in [6, 6.07) is 3.11. The van der Waals surface area contributed by atoms with Gasteiger partial charge in [-0.05, 0) is 31.0 Å². The zero-order valence-corrected chi connectivity index (χ0v) is 10.7. The number of carbonyl (C=O) groups is 1. The molecule has 0 atom stereocenters. The Morgan fingerprint density at radius 3 is 2.47 bits per heavy atom. The number of nitrogens with two attached hydrogens (primary N) is 1. The molecular weight excluding hydrogens is 240 g/mol. The van der Waals surface area contributed by atoms with Crippen LogP contribution in [0.3, 0.4) is 0 Å². The van der Waals surface area contributed by atoms with Gasteiger partial charge < -0.3 is 11.1 Å². The van der Waals surface area contributed by atoms with E-state index in [0.29, 0.717) is 10.7 Å². The molecule has 5 nitrogen and oxygen atoms in total. The van der Waals surface area contributed by atoms with Gasteiger partial charge in [-0.3, -0.25) is 5.41 Å². The minimum absolute atomic E-state index is 0.377. The largest absolute Gasteiger partial charge is 0.369 e. The zero-order valence-electron chi connectivity index (χ0n) is 9.97. The molecule has 0 aliphatic heterocycles. The number of anilines is 1. The number of nitrogens with zero attached hydrogens (tertiary/aromatic N) is 1. The highest BCUT2D eigenvalue weighted by atomic mass is 35.5. The van der Waals surface area contributed by atoms with Crippen LogP contribution in [0, 0.1) is 19.3 Å². The van der Waals surface area contributed by atoms with E-state index in [-0.39, 0.29) is 5.96 Å². The Hall–Kier alpha value is -1.75. The summed E-state index contributed by atoms with van der Waals surface area (Å²) in [5.41, 5.74) is 7.61. The normalized spacial score (nSPS) is 9.88. The molecule has 1 aromatic rings. The second-order valence-corrected chi connectivity index (χ2v) is 4.10. The number of carbonyl (C=O) groups excluding carboxylic acids is 1. The third-order valence-corrected chi connectivity index (χ3v) is 2.57. The molecule has 6 heteroatoms. The minimum Gasteiger partial charge on any atom is -0.369 e. The predicted octanol–water partition coefficient (Wildman–Crippen LogP) is 2.00. The molecule has 0 fully saturated rings. The monoisotopic (exact) mass is 254 g/mol. The van der Waals surface area contributed by atoms with E-state index >= 15 is 0 Å². The molecule has 1 rings (SSSR count). The lowest BCUT2D eigenvalue weighted by molar-refractivity contribution is 0.251. The minimum atomic E-state index is -0.494. The summed E-state index contributed by atoms with van der Waals surface area (Å²) in [5, 5.41) is 10.3. The van der Waals surface area contributed by atoms with E-state index in [9.17, 15) is 4.79 Å². The van der Waals surface area contributed by atoms with E-state index in [4.69, 9.17) is 22.7 Å². The summed E-state index contributed by atoms with van der Waals surface area (Å²) >= 11 is 6.10. The lowest BCUT2D eigenvalue weighted by Crippen LogP contribution is -2.46. The van der Waals surface area contributed by atoms with Gasteiger partial charge in [0, 0.05) is 7.05 Å². The van der Waals surface area contributed by atoms with E-state index in [1.54, 1.807) is 6.07 Å². The van der Waals surface area contributed by atoms with Crippen molar-refractivity contribution in [2.45, 2.75) is 13.8 Å². The van der Waals surface area contributed by atoms with Gasteiger partial charge in [-0.2, -0.15) is 0 Å². The van der Waals surface area contributed by atoms with Gasteiger partial charge in [0.2, 0.25) is 5.96 Å². The molecule has 0 saturated carbocycles. The number of benzene rings is 1. The van der Waals surface area contributed by atoms with Crippen molar-refractivity contribution in [1.82, 2.24) is 5.32 Å². The van der Waals surface area contributed by atoms with Crippen LogP contribution in [0.2, 0.25) is 5.02 Å². The Labute approximate surface area is 105 Å². The van der Waals surface area contributed by atoms with Crippen LogP contribution in [-0.4, -0.2) is 19.0 Å². The van der Waals surface area contributed by atoms with E-state index in [2.05, 4.69) is 5.32 Å². The third kappa shape index (κ3) is 2.68. The average Bonchev–Trinajstić information content (AvgIpc) is 2.21. The van der Waals surface area contributed by atoms with E-state index in [1.807, 2.05) is 19.9 Å². The van der Waals surface area contributed by atoms with Gasteiger partial charge in [0.05, 0.1) is 10.7 Å². The number of nitrogens with one attached hydrogen (secondary N) is 2. The van der Waals surface area contributed by atoms with Crippen LogP contribution in [0.25, 0.3) is 0 Å². The summed E-state index contributed by atoms with van der Waals surface area (Å²) < 4.78 is 0. The van der Waals surface area contributed by atoms with Gasteiger partial charge in [0.1, 0.15) is 0 Å². The van der Waals surface area contributed by atoms with Crippen molar-refractivity contribution in [3.05, 3.63) is 28.3 Å². The number of rotatable bonds is 1. The number of urea groups is 1. The Balaban J connectivity index is 3.38. The Morgan fingerprint density at radius 1 is 1.47 bits per heavy atom. The van der Waals surface area contributed by atoms with Crippen LogP contribution in [0.5, 0.6) is 0 Å². The first-order valence-corrected chi connectivity index (χ1v) is 5.39. The lowest BCUT2D eigenvalue weighted by atomic mass is 10.1. The summed E-state index contributed by atoms with van der Waals surface area (Å²) in [7, 11) is 1.47. The topological polar surface area (TPSA) is 82.2 Å². The van der Waals surface area contributed by atoms with Gasteiger partial charge >= 0.3 is 6.03 Å². The van der Waals surface area contributed by atoms with Crippen LogP contribution >= 0.6 is 11.6 Å². The fourth-order valence-electron chi connectivity index (χ4n) is 1.63. The smallest absolute Gasteiger partial charge is 0.328 e. The van der Waals surface area contributed by atoms with Crippen molar-refractivity contribution in [2.24, 2.45) is 5.73 Å². The van der Waals surface area contributed by atoms with Crippen molar-refractivity contribution in [3.63, 3.8) is 0 Å². The molecule has 0 heterocycles. The fraction of sp³-hybridized carbons (Fsp3) is 0.273. The van der Waals surface area contributed by atoms with Crippen LogP contribution in [0.1, 0.15) is 11.1 Å². The summed E-state index contributed by atoms with van der Waals surface area (Å²) in [6.45, 7) is 3.72. The molecule has 92 valence electrons. The molecular formula is C11H15ClN4O. The van der Waals surface area contributed by atoms with Gasteiger partial charge in [-0.25, -0.2) is 9.69 Å². The SMILES string of the molecule is CNC(=O)N(C(=N)N)c1c(C)cc(C)cc1Cl. The maximum atomic E-state index is 11.7. The maximum Gasteiger partial charge on any atom is 0.328 e. The first-order chi connectivity index (χ1) is 7.88. The average molecular weight is 255 g/mol. The van der Waals surface area contributed by atoms with Gasteiger partial charge in [0.15, 0.2) is 0 Å². The van der Waals surface area contributed by atoms with Crippen molar-refractivity contribution >= 4 is 29.3 Å². The number of halogens is 1. The van der Waals surface area contributed by atoms with Gasteiger partial charge in [0.25, 0.3) is 0 Å². The van der Waals surface area contributed by atoms with Crippen molar-refractivity contribution in [2.75, 3.05) is 11.9 Å². The van der Waals surface area contributed by atoms with E-state index in [1.165, 1.54) is 7.05 Å². The number of aryl methyl sites for hydroxylation is 2. The Bertz CT molecular complexity index is 450. The van der Waals surface area contributed by atoms with Gasteiger partial charge in [-0.1, -0.05) is 17.7 Å². The highest BCUT2D eigenvalue weighted by molar-refractivity contribution is 6.35. The first kappa shape index (κ1) is 13.3. The fourth-order valence-corrected chi connectivity index (χ4v) is 2.04. The molecule has 0 aromatic heterocycles. The molecule has 0 aliphatic carbocycles. The van der Waals surface area contributed by atoms with Crippen molar-refractivity contribution in [1.29, 1.82) is 5.41 Å². The van der Waals surface area contributed by atoms with E-state index in [0.717, 1.165) is 16.0 Å². The molecule has 4 N–H and O–H groups in total. The number of guanidine groups is 1. The molecule has 0 saturated heterocycles. The van der Waals surface area contributed by atoms with Crippen LogP contribution < -0.4 is 16.0 Å². The number of amides is 2.